The molecule has 6 heteroatoms. The summed E-state index contributed by atoms with van der Waals surface area (Å²) in [6, 6.07) is 2.05. The Hall–Kier alpha value is -1.82. The van der Waals surface area contributed by atoms with Gasteiger partial charge in [0, 0.05) is 10.4 Å². The van der Waals surface area contributed by atoms with Gasteiger partial charge < -0.3 is 15.2 Å². The van der Waals surface area contributed by atoms with Gasteiger partial charge in [-0.1, -0.05) is 12.1 Å². The molecular formula is C17H23N3O2S. The number of hydrogen-bond acceptors (Lipinski definition) is 4. The van der Waals surface area contributed by atoms with E-state index in [2.05, 4.69) is 34.2 Å². The number of urea groups is 1. The minimum atomic E-state index is -0.124. The molecule has 2 aromatic heterocycles. The number of fused-ring (bicyclic) bond motifs is 1. The number of carbonyl (C=O) groups is 1. The van der Waals surface area contributed by atoms with Gasteiger partial charge in [0.25, 0.3) is 0 Å². The molecule has 2 N–H and O–H groups in total. The second kappa shape index (κ2) is 6.74. The number of amides is 2. The lowest BCUT2D eigenvalue weighted by Gasteiger charge is -2.25. The Kier molecular flexibility index (Phi) is 4.71. The minimum absolute atomic E-state index is 0.0771. The highest BCUT2D eigenvalue weighted by Crippen LogP contribution is 2.33. The van der Waals surface area contributed by atoms with Crippen molar-refractivity contribution in [3.05, 3.63) is 38.9 Å². The molecule has 124 valence electrons. The Bertz CT molecular complexity index is 672. The van der Waals surface area contributed by atoms with Crippen LogP contribution in [0.1, 0.15) is 65.7 Å². The first-order chi connectivity index (χ1) is 11.1. The molecule has 0 saturated heterocycles. The number of thiophene rings is 1. The number of nitrogens with one attached hydrogen (secondary N) is 2. The van der Waals surface area contributed by atoms with Gasteiger partial charge >= 0.3 is 6.03 Å². The van der Waals surface area contributed by atoms with Crippen LogP contribution in [0.5, 0.6) is 0 Å². The average molecular weight is 333 g/mol. The van der Waals surface area contributed by atoms with Crippen LogP contribution in [-0.2, 0) is 6.42 Å². The molecule has 2 aromatic rings. The molecule has 0 radical (unpaired) electrons. The molecule has 1 aliphatic rings. The Labute approximate surface area is 140 Å². The lowest BCUT2D eigenvalue weighted by molar-refractivity contribution is 0.231. The molecule has 5 nitrogen and oxygen atoms in total. The molecule has 0 aromatic carbocycles. The predicted octanol–water partition coefficient (Wildman–Crippen LogP) is 4.18. The van der Waals surface area contributed by atoms with Crippen LogP contribution in [0.2, 0.25) is 0 Å². The van der Waals surface area contributed by atoms with Crippen LogP contribution >= 0.6 is 11.3 Å². The van der Waals surface area contributed by atoms with E-state index in [0.29, 0.717) is 0 Å². The summed E-state index contributed by atoms with van der Waals surface area (Å²) in [6.07, 6.45) is 4.05. The quantitative estimate of drug-likeness (QED) is 0.882. The highest BCUT2D eigenvalue weighted by molar-refractivity contribution is 7.10. The first-order valence-electron chi connectivity index (χ1n) is 8.16. The zero-order valence-corrected chi connectivity index (χ0v) is 14.6. The number of aryl methyl sites for hydroxylation is 3. The molecule has 1 aliphatic carbocycles. The third kappa shape index (κ3) is 3.27. The van der Waals surface area contributed by atoms with Crippen LogP contribution < -0.4 is 10.6 Å². The summed E-state index contributed by atoms with van der Waals surface area (Å²) in [6.45, 7) is 5.84. The molecule has 0 saturated carbocycles. The van der Waals surface area contributed by atoms with Gasteiger partial charge in [-0.05, 0) is 56.5 Å². The summed E-state index contributed by atoms with van der Waals surface area (Å²) in [5.41, 5.74) is 3.11. The molecule has 2 unspecified atom stereocenters. The molecule has 0 fully saturated rings. The zero-order chi connectivity index (χ0) is 16.4. The Morgan fingerprint density at radius 3 is 3.04 bits per heavy atom. The Balaban J connectivity index is 1.68. The lowest BCUT2D eigenvalue weighted by Crippen LogP contribution is -2.40. The third-order valence-electron chi connectivity index (χ3n) is 4.51. The molecule has 0 bridgehead atoms. The van der Waals surface area contributed by atoms with Crippen LogP contribution in [0, 0.1) is 13.8 Å². The van der Waals surface area contributed by atoms with E-state index in [1.54, 1.807) is 11.3 Å². The number of hydrogen-bond donors (Lipinski definition) is 2. The molecule has 3 rings (SSSR count). The molecule has 2 heterocycles. The Morgan fingerprint density at radius 1 is 1.52 bits per heavy atom. The fourth-order valence-corrected chi connectivity index (χ4v) is 4.35. The first kappa shape index (κ1) is 16.1. The molecule has 0 aliphatic heterocycles. The number of aromatic nitrogens is 1. The van der Waals surface area contributed by atoms with Gasteiger partial charge in [0.1, 0.15) is 5.76 Å². The maximum absolute atomic E-state index is 12.5. The van der Waals surface area contributed by atoms with Crippen molar-refractivity contribution in [3.63, 3.8) is 0 Å². The van der Waals surface area contributed by atoms with Crippen molar-refractivity contribution in [2.24, 2.45) is 0 Å². The topological polar surface area (TPSA) is 67.2 Å². The van der Waals surface area contributed by atoms with Crippen molar-refractivity contribution in [2.45, 2.75) is 58.5 Å². The van der Waals surface area contributed by atoms with E-state index >= 15 is 0 Å². The highest BCUT2D eigenvalue weighted by Gasteiger charge is 2.25. The van der Waals surface area contributed by atoms with Crippen LogP contribution in [0.15, 0.2) is 16.0 Å². The third-order valence-corrected chi connectivity index (χ3v) is 5.50. The maximum atomic E-state index is 12.5. The van der Waals surface area contributed by atoms with Crippen LogP contribution in [0.3, 0.4) is 0 Å². The van der Waals surface area contributed by atoms with Crippen molar-refractivity contribution >= 4 is 17.4 Å². The van der Waals surface area contributed by atoms with E-state index < -0.39 is 0 Å². The van der Waals surface area contributed by atoms with Crippen molar-refractivity contribution in [1.82, 2.24) is 15.8 Å². The summed E-state index contributed by atoms with van der Waals surface area (Å²) in [7, 11) is 0. The zero-order valence-electron chi connectivity index (χ0n) is 13.8. The van der Waals surface area contributed by atoms with E-state index in [4.69, 9.17) is 4.52 Å². The van der Waals surface area contributed by atoms with Crippen LogP contribution in [0.4, 0.5) is 4.79 Å². The van der Waals surface area contributed by atoms with Crippen molar-refractivity contribution in [3.8, 4) is 0 Å². The van der Waals surface area contributed by atoms with E-state index in [-0.39, 0.29) is 18.1 Å². The van der Waals surface area contributed by atoms with Gasteiger partial charge in [-0.15, -0.1) is 11.3 Å². The fourth-order valence-electron chi connectivity index (χ4n) is 3.36. The average Bonchev–Trinajstić information content (AvgIpc) is 3.13. The van der Waals surface area contributed by atoms with E-state index in [1.807, 2.05) is 13.8 Å². The second-order valence-electron chi connectivity index (χ2n) is 6.06. The van der Waals surface area contributed by atoms with Gasteiger partial charge in [-0.25, -0.2) is 4.79 Å². The lowest BCUT2D eigenvalue weighted by atomic mass is 9.94. The fraction of sp³-hybridized carbons (Fsp3) is 0.529. The van der Waals surface area contributed by atoms with Crippen molar-refractivity contribution < 1.29 is 9.32 Å². The number of rotatable bonds is 4. The monoisotopic (exact) mass is 333 g/mol. The van der Waals surface area contributed by atoms with Gasteiger partial charge in [0.05, 0.1) is 17.8 Å². The van der Waals surface area contributed by atoms with Gasteiger partial charge in [0.15, 0.2) is 0 Å². The van der Waals surface area contributed by atoms with E-state index in [0.717, 1.165) is 42.7 Å². The molecule has 2 amide bonds. The molecular weight excluding hydrogens is 310 g/mol. The first-order valence-corrected chi connectivity index (χ1v) is 9.04. The maximum Gasteiger partial charge on any atom is 0.315 e. The molecule has 2 atom stereocenters. The largest absolute Gasteiger partial charge is 0.361 e. The van der Waals surface area contributed by atoms with Crippen molar-refractivity contribution in [2.75, 3.05) is 0 Å². The normalized spacial score (nSPS) is 18.3. The Morgan fingerprint density at radius 2 is 2.35 bits per heavy atom. The van der Waals surface area contributed by atoms with Crippen LogP contribution in [0.25, 0.3) is 0 Å². The van der Waals surface area contributed by atoms with Crippen LogP contribution in [-0.4, -0.2) is 11.2 Å². The number of carbonyl (C=O) groups excluding carboxylic acids is 1. The van der Waals surface area contributed by atoms with Gasteiger partial charge in [0.2, 0.25) is 0 Å². The number of nitrogens with zero attached hydrogens (tertiary/aromatic N) is 1. The predicted molar refractivity (Wildman–Crippen MR) is 90.7 cm³/mol. The smallest absolute Gasteiger partial charge is 0.315 e. The summed E-state index contributed by atoms with van der Waals surface area (Å²) in [5.74, 6) is 0.771. The summed E-state index contributed by atoms with van der Waals surface area (Å²) in [4.78, 5) is 13.9. The minimum Gasteiger partial charge on any atom is -0.361 e. The van der Waals surface area contributed by atoms with E-state index in [9.17, 15) is 4.79 Å². The summed E-state index contributed by atoms with van der Waals surface area (Å²) in [5, 5.41) is 12.3. The van der Waals surface area contributed by atoms with Gasteiger partial charge in [-0.2, -0.15) is 0 Å². The molecule has 23 heavy (non-hydrogen) atoms. The summed E-state index contributed by atoms with van der Waals surface area (Å²) < 4.78 is 5.23. The van der Waals surface area contributed by atoms with E-state index in [1.165, 1.54) is 10.4 Å². The van der Waals surface area contributed by atoms with Crippen molar-refractivity contribution in [1.29, 1.82) is 0 Å². The SMILES string of the molecule is CCC(NC(=O)NC1CCCc2sccc21)c1c(C)noc1C. The summed E-state index contributed by atoms with van der Waals surface area (Å²) >= 11 is 1.78. The molecule has 0 spiro atoms. The van der Waals surface area contributed by atoms with Gasteiger partial charge in [-0.3, -0.25) is 0 Å². The standard InChI is InChI=1S/C17H23N3O2S/c1-4-13(16-10(2)20-22-11(16)3)18-17(21)19-14-6-5-7-15-12(14)8-9-23-15/h8-9,13-14H,4-7H2,1-3H3,(H2,18,19,21). The highest BCUT2D eigenvalue weighted by atomic mass is 32.1. The second-order valence-corrected chi connectivity index (χ2v) is 7.06.